The van der Waals surface area contributed by atoms with Crippen molar-refractivity contribution < 1.29 is 23.7 Å². The first-order valence-corrected chi connectivity index (χ1v) is 11.7. The van der Waals surface area contributed by atoms with Crippen molar-refractivity contribution in [3.05, 3.63) is 12.3 Å². The van der Waals surface area contributed by atoms with E-state index in [0.717, 1.165) is 71.6 Å². The lowest BCUT2D eigenvalue weighted by molar-refractivity contribution is -0.200. The molecular weight excluding hydrogens is 370 g/mol. The molecule has 0 amide bonds. The monoisotopic (exact) mass is 411 g/mol. The van der Waals surface area contributed by atoms with Crippen LogP contribution >= 0.6 is 0 Å². The first-order chi connectivity index (χ1) is 14.3. The molecule has 1 saturated carbocycles. The Morgan fingerprint density at radius 3 is 2.66 bits per heavy atom. The zero-order valence-corrected chi connectivity index (χ0v) is 18.4. The van der Waals surface area contributed by atoms with E-state index in [1.807, 2.05) is 0 Å². The second-order valence-corrected chi connectivity index (χ2v) is 8.47. The van der Waals surface area contributed by atoms with Crippen molar-refractivity contribution in [2.24, 2.45) is 5.92 Å². The van der Waals surface area contributed by atoms with Gasteiger partial charge in [-0.25, -0.2) is 0 Å². The normalized spacial score (nSPS) is 34.1. The summed E-state index contributed by atoms with van der Waals surface area (Å²) in [6.07, 6.45) is 13.0. The van der Waals surface area contributed by atoms with Crippen molar-refractivity contribution in [1.29, 1.82) is 0 Å². The minimum absolute atomic E-state index is 0.0636. The summed E-state index contributed by atoms with van der Waals surface area (Å²) in [6.45, 7) is 7.41. The van der Waals surface area contributed by atoms with Crippen LogP contribution in [0, 0.1) is 5.92 Å². The van der Waals surface area contributed by atoms with Crippen LogP contribution in [0.1, 0.15) is 58.3 Å². The Bertz CT molecular complexity index is 462. The number of nitrogens with zero attached hydrogens (tertiary/aromatic N) is 1. The summed E-state index contributed by atoms with van der Waals surface area (Å²) < 4.78 is 29.7. The van der Waals surface area contributed by atoms with Gasteiger partial charge in [0.05, 0.1) is 38.8 Å². The molecule has 0 aromatic heterocycles. The van der Waals surface area contributed by atoms with E-state index in [-0.39, 0.29) is 18.5 Å². The van der Waals surface area contributed by atoms with Crippen molar-refractivity contribution in [2.45, 2.75) is 82.8 Å². The molecule has 0 radical (unpaired) electrons. The van der Waals surface area contributed by atoms with Crippen LogP contribution in [0.15, 0.2) is 12.3 Å². The Hall–Kier alpha value is -0.660. The van der Waals surface area contributed by atoms with Crippen molar-refractivity contribution in [2.75, 3.05) is 46.6 Å². The molecule has 3 rings (SSSR count). The van der Waals surface area contributed by atoms with E-state index in [2.05, 4.69) is 17.9 Å². The lowest BCUT2D eigenvalue weighted by Crippen LogP contribution is -2.51. The third kappa shape index (κ3) is 6.93. The van der Waals surface area contributed by atoms with Gasteiger partial charge in [-0.3, -0.25) is 4.90 Å². The molecule has 3 aliphatic rings. The summed E-state index contributed by atoms with van der Waals surface area (Å²) in [5.41, 5.74) is 0. The average molecular weight is 412 g/mol. The molecule has 0 N–H and O–H groups in total. The number of morpholine rings is 1. The highest BCUT2D eigenvalue weighted by atomic mass is 16.7. The van der Waals surface area contributed by atoms with E-state index in [1.54, 1.807) is 13.4 Å². The van der Waals surface area contributed by atoms with Crippen LogP contribution < -0.4 is 0 Å². The maximum atomic E-state index is 6.57. The standard InChI is InChI=1S/C23H41NO5/c1-3-4-6-14-27-20-18-21(29-22-10-5-7-15-28-22)23(19(20)9-8-13-25-2)24-11-16-26-17-12-24/h8,13,19-23H,3-7,9-12,14-18H2,1-2H3/t19-,20-,21+,22?,23+/m1/s1. The molecule has 0 aromatic rings. The third-order valence-corrected chi connectivity index (χ3v) is 6.41. The average Bonchev–Trinajstić information content (AvgIpc) is 3.09. The summed E-state index contributed by atoms with van der Waals surface area (Å²) >= 11 is 0. The van der Waals surface area contributed by atoms with Gasteiger partial charge in [0.1, 0.15) is 0 Å². The molecular formula is C23H41NO5. The summed E-state index contributed by atoms with van der Waals surface area (Å²) in [7, 11) is 1.70. The van der Waals surface area contributed by atoms with E-state index < -0.39 is 0 Å². The third-order valence-electron chi connectivity index (χ3n) is 6.41. The maximum Gasteiger partial charge on any atom is 0.158 e. The molecule has 5 atom stereocenters. The van der Waals surface area contributed by atoms with E-state index in [9.17, 15) is 0 Å². The van der Waals surface area contributed by atoms with Crippen LogP contribution in [0.25, 0.3) is 0 Å². The van der Waals surface area contributed by atoms with Gasteiger partial charge in [0.2, 0.25) is 0 Å². The fourth-order valence-corrected chi connectivity index (χ4v) is 4.95. The number of hydrogen-bond donors (Lipinski definition) is 0. The number of allylic oxidation sites excluding steroid dienone is 1. The molecule has 0 aromatic carbocycles. The predicted octanol–water partition coefficient (Wildman–Crippen LogP) is 3.74. The lowest BCUT2D eigenvalue weighted by atomic mass is 9.95. The second kappa shape index (κ2) is 12.9. The van der Waals surface area contributed by atoms with E-state index in [1.165, 1.54) is 19.3 Å². The SMILES string of the molecule is CCCCCO[C@@H]1C[C@H](OC2CCCCO2)[C@@H](N2CCOCC2)[C@@H]1CC=COC. The number of unbranched alkanes of at least 4 members (excludes halogenated alkanes) is 2. The highest BCUT2D eigenvalue weighted by molar-refractivity contribution is 5.02. The Balaban J connectivity index is 1.70. The van der Waals surface area contributed by atoms with Crippen LogP contribution in [-0.4, -0.2) is 76.1 Å². The second-order valence-electron chi connectivity index (χ2n) is 8.47. The van der Waals surface area contributed by atoms with Crippen LogP contribution in [0.3, 0.4) is 0 Å². The van der Waals surface area contributed by atoms with Gasteiger partial charge in [-0.2, -0.15) is 0 Å². The Labute approximate surface area is 176 Å². The molecule has 6 nitrogen and oxygen atoms in total. The van der Waals surface area contributed by atoms with Gasteiger partial charge in [-0.15, -0.1) is 0 Å². The highest BCUT2D eigenvalue weighted by Gasteiger charge is 2.48. The van der Waals surface area contributed by atoms with Gasteiger partial charge < -0.3 is 23.7 Å². The topological polar surface area (TPSA) is 49.4 Å². The van der Waals surface area contributed by atoms with Crippen LogP contribution in [0.2, 0.25) is 0 Å². The van der Waals surface area contributed by atoms with Crippen molar-refractivity contribution in [3.63, 3.8) is 0 Å². The van der Waals surface area contributed by atoms with Gasteiger partial charge >= 0.3 is 0 Å². The molecule has 168 valence electrons. The fourth-order valence-electron chi connectivity index (χ4n) is 4.95. The fraction of sp³-hybridized carbons (Fsp3) is 0.913. The van der Waals surface area contributed by atoms with Crippen molar-refractivity contribution >= 4 is 0 Å². The van der Waals surface area contributed by atoms with E-state index in [0.29, 0.717) is 12.0 Å². The van der Waals surface area contributed by atoms with Crippen molar-refractivity contribution in [3.8, 4) is 0 Å². The zero-order valence-electron chi connectivity index (χ0n) is 18.4. The first kappa shape index (κ1) is 23.0. The van der Waals surface area contributed by atoms with Crippen LogP contribution in [-0.2, 0) is 23.7 Å². The van der Waals surface area contributed by atoms with Crippen LogP contribution in [0.4, 0.5) is 0 Å². The molecule has 0 bridgehead atoms. The molecule has 1 aliphatic carbocycles. The number of hydrogen-bond acceptors (Lipinski definition) is 6. The van der Waals surface area contributed by atoms with Crippen molar-refractivity contribution in [1.82, 2.24) is 4.90 Å². The number of rotatable bonds is 11. The molecule has 3 fully saturated rings. The molecule has 2 heterocycles. The Kier molecular flexibility index (Phi) is 10.2. The molecule has 6 heteroatoms. The molecule has 29 heavy (non-hydrogen) atoms. The zero-order chi connectivity index (χ0) is 20.3. The summed E-state index contributed by atoms with van der Waals surface area (Å²) in [4.78, 5) is 2.57. The summed E-state index contributed by atoms with van der Waals surface area (Å²) in [5.74, 6) is 0.398. The number of ether oxygens (including phenoxy) is 5. The quantitative estimate of drug-likeness (QED) is 0.381. The van der Waals surface area contributed by atoms with Gasteiger partial charge in [0.15, 0.2) is 6.29 Å². The Morgan fingerprint density at radius 1 is 1.07 bits per heavy atom. The lowest BCUT2D eigenvalue weighted by Gasteiger charge is -2.39. The minimum atomic E-state index is -0.0636. The van der Waals surface area contributed by atoms with Gasteiger partial charge in [-0.1, -0.05) is 19.8 Å². The Morgan fingerprint density at radius 2 is 1.93 bits per heavy atom. The van der Waals surface area contributed by atoms with E-state index in [4.69, 9.17) is 23.7 Å². The van der Waals surface area contributed by atoms with Gasteiger partial charge in [-0.05, 0) is 38.2 Å². The minimum Gasteiger partial charge on any atom is -0.505 e. The predicted molar refractivity (Wildman–Crippen MR) is 113 cm³/mol. The number of methoxy groups -OCH3 is 1. The summed E-state index contributed by atoms with van der Waals surface area (Å²) in [5, 5.41) is 0. The van der Waals surface area contributed by atoms with Gasteiger partial charge in [0.25, 0.3) is 0 Å². The highest BCUT2D eigenvalue weighted by Crippen LogP contribution is 2.39. The first-order valence-electron chi connectivity index (χ1n) is 11.7. The molecule has 1 unspecified atom stereocenters. The molecule has 0 spiro atoms. The van der Waals surface area contributed by atoms with E-state index >= 15 is 0 Å². The molecule has 2 aliphatic heterocycles. The van der Waals surface area contributed by atoms with Gasteiger partial charge in [0, 0.05) is 44.7 Å². The molecule has 2 saturated heterocycles. The maximum absolute atomic E-state index is 6.57. The smallest absolute Gasteiger partial charge is 0.158 e. The van der Waals surface area contributed by atoms with Crippen LogP contribution in [0.5, 0.6) is 0 Å². The summed E-state index contributed by atoms with van der Waals surface area (Å²) in [6, 6.07) is 0.335. The largest absolute Gasteiger partial charge is 0.505 e.